The number of ether oxygens (including phenoxy) is 1. The molecule has 3 heterocycles. The molecule has 2 N–H and O–H groups in total. The van der Waals surface area contributed by atoms with Crippen molar-refractivity contribution in [1.82, 2.24) is 29.2 Å². The maximum absolute atomic E-state index is 13.4. The van der Waals surface area contributed by atoms with Crippen LogP contribution in [0.3, 0.4) is 0 Å². The Hall–Kier alpha value is -4.87. The number of hydrogen-bond acceptors (Lipinski definition) is 7. The van der Waals surface area contributed by atoms with Gasteiger partial charge in [0.25, 0.3) is 5.56 Å². The zero-order valence-electron chi connectivity index (χ0n) is 23.5. The number of aromatic nitrogens is 5. The van der Waals surface area contributed by atoms with Gasteiger partial charge in [-0.05, 0) is 60.4 Å². The predicted octanol–water partition coefficient (Wildman–Crippen LogP) is 4.69. The molecule has 11 heteroatoms. The number of rotatable bonds is 11. The minimum absolute atomic E-state index is 0.0374. The lowest BCUT2D eigenvalue weighted by molar-refractivity contribution is 0.318. The van der Waals surface area contributed by atoms with Crippen LogP contribution in [0.15, 0.2) is 101 Å². The summed E-state index contributed by atoms with van der Waals surface area (Å²) in [6.07, 6.45) is 6.37. The number of fused-ring (bicyclic) bond motifs is 2. The van der Waals surface area contributed by atoms with Crippen molar-refractivity contribution < 1.29 is 13.2 Å². The summed E-state index contributed by atoms with van der Waals surface area (Å²) in [5, 5.41) is 0.405. The van der Waals surface area contributed by atoms with Gasteiger partial charge in [0.1, 0.15) is 11.6 Å². The number of H-pyrrole nitrogens is 1. The second kappa shape index (κ2) is 12.2. The van der Waals surface area contributed by atoms with Gasteiger partial charge in [0.15, 0.2) is 0 Å². The largest absolute Gasteiger partial charge is 0.493 e. The maximum Gasteiger partial charge on any atom is 0.259 e. The molecular formula is C32H30N6O4S. The molecule has 10 nitrogen and oxygen atoms in total. The van der Waals surface area contributed by atoms with E-state index in [1.54, 1.807) is 36.9 Å². The molecule has 6 aromatic rings. The Morgan fingerprint density at radius 2 is 1.81 bits per heavy atom. The van der Waals surface area contributed by atoms with Gasteiger partial charge in [0, 0.05) is 25.5 Å². The Balaban J connectivity index is 1.35. The minimum atomic E-state index is -3.86. The monoisotopic (exact) mass is 594 g/mol. The van der Waals surface area contributed by atoms with Crippen LogP contribution in [-0.2, 0) is 23.0 Å². The average molecular weight is 595 g/mol. The molecular weight excluding hydrogens is 564 g/mol. The quantitative estimate of drug-likeness (QED) is 0.222. The first-order chi connectivity index (χ1) is 20.9. The average Bonchev–Trinajstić information content (AvgIpc) is 3.41. The third kappa shape index (κ3) is 6.18. The highest BCUT2D eigenvalue weighted by molar-refractivity contribution is 7.89. The van der Waals surface area contributed by atoms with Crippen LogP contribution in [0, 0.1) is 0 Å². The summed E-state index contributed by atoms with van der Waals surface area (Å²) >= 11 is 0. The molecule has 0 spiro atoms. The predicted molar refractivity (Wildman–Crippen MR) is 166 cm³/mol. The van der Waals surface area contributed by atoms with Crippen LogP contribution >= 0.6 is 0 Å². The van der Waals surface area contributed by atoms with Crippen molar-refractivity contribution in [3.8, 4) is 17.1 Å². The van der Waals surface area contributed by atoms with Gasteiger partial charge in [0.2, 0.25) is 10.0 Å². The van der Waals surface area contributed by atoms with E-state index in [4.69, 9.17) is 9.72 Å². The van der Waals surface area contributed by atoms with Gasteiger partial charge in [-0.25, -0.2) is 23.1 Å². The number of imidazole rings is 1. The Morgan fingerprint density at radius 3 is 2.60 bits per heavy atom. The van der Waals surface area contributed by atoms with Gasteiger partial charge < -0.3 is 14.3 Å². The summed E-state index contributed by atoms with van der Waals surface area (Å²) in [6.45, 7) is 3.21. The van der Waals surface area contributed by atoms with Gasteiger partial charge >= 0.3 is 0 Å². The second-order valence-electron chi connectivity index (χ2n) is 10.1. The minimum Gasteiger partial charge on any atom is -0.493 e. The van der Waals surface area contributed by atoms with Crippen molar-refractivity contribution in [3.05, 3.63) is 113 Å². The standard InChI is InChI=1S/C32H30N6O4S/c1-2-15-42-30-11-10-24(43(40,41)35-14-12-22-9-6-13-33-19-22)16-26(30)31-36-27-18-28-29(17-25(27)32(39)37-31)38(21-34-28)20-23-7-4-3-5-8-23/h3-11,13,16-19,21,35H,2,12,14-15,20H2,1H3,(H,36,37,39). The van der Waals surface area contributed by atoms with Crippen LogP contribution in [0.2, 0.25) is 0 Å². The second-order valence-corrected chi connectivity index (χ2v) is 11.9. The van der Waals surface area contributed by atoms with Crippen molar-refractivity contribution in [2.75, 3.05) is 13.2 Å². The summed E-state index contributed by atoms with van der Waals surface area (Å²) in [6, 6.07) is 21.8. The van der Waals surface area contributed by atoms with Crippen LogP contribution in [0.4, 0.5) is 0 Å². The summed E-state index contributed by atoms with van der Waals surface area (Å²) in [5.74, 6) is 0.631. The molecule has 0 atom stereocenters. The lowest BCUT2D eigenvalue weighted by atomic mass is 10.1. The van der Waals surface area contributed by atoms with E-state index in [0.717, 1.165) is 23.1 Å². The smallest absolute Gasteiger partial charge is 0.259 e. The van der Waals surface area contributed by atoms with E-state index in [2.05, 4.69) is 19.7 Å². The summed E-state index contributed by atoms with van der Waals surface area (Å²) in [7, 11) is -3.86. The van der Waals surface area contributed by atoms with Crippen molar-refractivity contribution in [2.24, 2.45) is 0 Å². The van der Waals surface area contributed by atoms with Gasteiger partial charge in [-0.15, -0.1) is 0 Å². The molecule has 0 aliphatic carbocycles. The number of nitrogens with one attached hydrogen (secondary N) is 2. The van der Waals surface area contributed by atoms with Crippen molar-refractivity contribution in [2.45, 2.75) is 31.2 Å². The molecule has 43 heavy (non-hydrogen) atoms. The molecule has 0 aliphatic heterocycles. The number of benzene rings is 3. The van der Waals surface area contributed by atoms with E-state index in [0.29, 0.717) is 47.3 Å². The fraction of sp³-hybridized carbons (Fsp3) is 0.188. The zero-order valence-corrected chi connectivity index (χ0v) is 24.3. The lowest BCUT2D eigenvalue weighted by Gasteiger charge is -2.14. The lowest BCUT2D eigenvalue weighted by Crippen LogP contribution is -2.26. The number of hydrogen-bond donors (Lipinski definition) is 2. The zero-order chi connectivity index (χ0) is 29.8. The molecule has 3 aromatic carbocycles. The van der Waals surface area contributed by atoms with Gasteiger partial charge in [-0.1, -0.05) is 43.3 Å². The van der Waals surface area contributed by atoms with Crippen molar-refractivity contribution in [3.63, 3.8) is 0 Å². The van der Waals surface area contributed by atoms with E-state index < -0.39 is 10.0 Å². The number of sulfonamides is 1. The Kier molecular flexibility index (Phi) is 7.99. The van der Waals surface area contributed by atoms with Crippen LogP contribution in [-0.4, -0.2) is 46.1 Å². The van der Waals surface area contributed by atoms with Gasteiger partial charge in [-0.2, -0.15) is 0 Å². The first-order valence-electron chi connectivity index (χ1n) is 14.0. The third-order valence-electron chi connectivity index (χ3n) is 7.05. The molecule has 0 fully saturated rings. The fourth-order valence-electron chi connectivity index (χ4n) is 4.88. The normalized spacial score (nSPS) is 11.7. The summed E-state index contributed by atoms with van der Waals surface area (Å²) in [4.78, 5) is 29.6. The van der Waals surface area contributed by atoms with E-state index in [9.17, 15) is 13.2 Å². The number of nitrogens with zero attached hydrogens (tertiary/aromatic N) is 4. The molecule has 0 unspecified atom stereocenters. The van der Waals surface area contributed by atoms with Crippen LogP contribution in [0.5, 0.6) is 5.75 Å². The van der Waals surface area contributed by atoms with Crippen LogP contribution in [0.25, 0.3) is 33.3 Å². The molecule has 0 aliphatic rings. The fourth-order valence-corrected chi connectivity index (χ4v) is 5.94. The van der Waals surface area contributed by atoms with Gasteiger partial charge in [0.05, 0.1) is 45.3 Å². The highest BCUT2D eigenvalue weighted by atomic mass is 32.2. The summed E-state index contributed by atoms with van der Waals surface area (Å²) in [5.41, 5.74) is 4.02. The first kappa shape index (κ1) is 28.3. The van der Waals surface area contributed by atoms with Crippen molar-refractivity contribution >= 4 is 32.0 Å². The first-order valence-corrected chi connectivity index (χ1v) is 15.5. The van der Waals surface area contributed by atoms with Crippen LogP contribution < -0.4 is 15.0 Å². The Bertz CT molecular complexity index is 2060. The molecule has 0 saturated heterocycles. The molecule has 218 valence electrons. The Labute approximate surface area is 248 Å². The van der Waals surface area contributed by atoms with E-state index in [1.807, 2.05) is 54.0 Å². The molecule has 0 radical (unpaired) electrons. The number of pyridine rings is 1. The van der Waals surface area contributed by atoms with Gasteiger partial charge in [-0.3, -0.25) is 9.78 Å². The van der Waals surface area contributed by atoms with Crippen LogP contribution in [0.1, 0.15) is 24.5 Å². The Morgan fingerprint density at radius 1 is 0.977 bits per heavy atom. The topological polar surface area (TPSA) is 132 Å². The van der Waals surface area contributed by atoms with E-state index in [1.165, 1.54) is 12.1 Å². The molecule has 0 bridgehead atoms. The molecule has 6 rings (SSSR count). The highest BCUT2D eigenvalue weighted by Crippen LogP contribution is 2.31. The molecule has 0 saturated carbocycles. The SMILES string of the molecule is CCCOc1ccc(S(=O)(=O)NCCc2cccnc2)cc1-c1nc2cc3ncn(Cc4ccccc4)c3cc2c(=O)[nH]1. The van der Waals surface area contributed by atoms with E-state index >= 15 is 0 Å². The highest BCUT2D eigenvalue weighted by Gasteiger charge is 2.20. The van der Waals surface area contributed by atoms with Crippen molar-refractivity contribution in [1.29, 1.82) is 0 Å². The third-order valence-corrected chi connectivity index (χ3v) is 8.51. The maximum atomic E-state index is 13.4. The molecule has 3 aromatic heterocycles. The van der Waals surface area contributed by atoms with E-state index in [-0.39, 0.29) is 22.8 Å². The summed E-state index contributed by atoms with van der Waals surface area (Å²) < 4.78 is 37.0. The number of aromatic amines is 1. The molecule has 0 amide bonds.